The molecule has 1 aromatic heterocycles. The molecule has 7 heteroatoms. The summed E-state index contributed by atoms with van der Waals surface area (Å²) in [6.07, 6.45) is -1.36. The van der Waals surface area contributed by atoms with E-state index in [9.17, 15) is 14.6 Å². The van der Waals surface area contributed by atoms with E-state index < -0.39 is 12.2 Å². The van der Waals surface area contributed by atoms with Crippen LogP contribution in [0.25, 0.3) is 22.2 Å². The molecule has 31 heavy (non-hydrogen) atoms. The predicted molar refractivity (Wildman–Crippen MR) is 115 cm³/mol. The van der Waals surface area contributed by atoms with Crippen LogP contribution in [0.1, 0.15) is 11.7 Å². The topological polar surface area (TPSA) is 87.8 Å². The maximum Gasteiger partial charge on any atom is 0.170 e. The van der Waals surface area contributed by atoms with Gasteiger partial charge in [-0.25, -0.2) is 4.39 Å². The summed E-state index contributed by atoms with van der Waals surface area (Å²) in [5.74, 6) is 0.229. The maximum atomic E-state index is 13.3. The Morgan fingerprint density at radius 2 is 1.74 bits per heavy atom. The van der Waals surface area contributed by atoms with E-state index in [1.165, 1.54) is 12.1 Å². The molecular formula is C24H23FN2O4. The fourth-order valence-corrected chi connectivity index (χ4v) is 3.26. The van der Waals surface area contributed by atoms with Crippen LogP contribution in [0.3, 0.4) is 0 Å². The van der Waals surface area contributed by atoms with Gasteiger partial charge in [0.1, 0.15) is 30.0 Å². The van der Waals surface area contributed by atoms with Gasteiger partial charge >= 0.3 is 0 Å². The minimum Gasteiger partial charge on any atom is -0.491 e. The molecule has 1 heterocycles. The van der Waals surface area contributed by atoms with E-state index >= 15 is 0 Å². The van der Waals surface area contributed by atoms with Crippen LogP contribution in [0.15, 0.2) is 77.3 Å². The van der Waals surface area contributed by atoms with Crippen LogP contribution in [0.5, 0.6) is 5.75 Å². The van der Waals surface area contributed by atoms with Crippen molar-refractivity contribution in [2.24, 2.45) is 0 Å². The van der Waals surface area contributed by atoms with Crippen molar-refractivity contribution in [1.29, 1.82) is 0 Å². The number of hydrogen-bond donors (Lipinski definition) is 3. The minimum atomic E-state index is -0.725. The molecule has 2 unspecified atom stereocenters. The molecule has 0 aliphatic rings. The molecule has 2 atom stereocenters. The normalized spacial score (nSPS) is 13.3. The lowest BCUT2D eigenvalue weighted by Gasteiger charge is -2.16. The van der Waals surface area contributed by atoms with Crippen LogP contribution in [0.2, 0.25) is 0 Å². The van der Waals surface area contributed by atoms with E-state index in [1.54, 1.807) is 18.2 Å². The highest BCUT2D eigenvalue weighted by atomic mass is 19.1. The number of ether oxygens (including phenoxy) is 1. The third-order valence-corrected chi connectivity index (χ3v) is 4.91. The van der Waals surface area contributed by atoms with Gasteiger partial charge in [0.15, 0.2) is 5.58 Å². The Bertz CT molecular complexity index is 1120. The first-order valence-electron chi connectivity index (χ1n) is 10.00. The summed E-state index contributed by atoms with van der Waals surface area (Å²) in [5.41, 5.74) is 2.66. The Balaban J connectivity index is 1.26. The van der Waals surface area contributed by atoms with Gasteiger partial charge in [-0.2, -0.15) is 0 Å². The van der Waals surface area contributed by atoms with Crippen molar-refractivity contribution >= 4 is 11.0 Å². The lowest BCUT2D eigenvalue weighted by Crippen LogP contribution is -2.33. The zero-order valence-electron chi connectivity index (χ0n) is 16.7. The summed E-state index contributed by atoms with van der Waals surface area (Å²) in [7, 11) is 0. The lowest BCUT2D eigenvalue weighted by atomic mass is 10.1. The average Bonchev–Trinajstić information content (AvgIpc) is 3.21. The highest BCUT2D eigenvalue weighted by Gasteiger charge is 2.12. The molecule has 4 aromatic rings. The van der Waals surface area contributed by atoms with Crippen LogP contribution < -0.4 is 10.1 Å². The second-order valence-corrected chi connectivity index (χ2v) is 7.25. The van der Waals surface area contributed by atoms with Crippen LogP contribution in [-0.4, -0.2) is 41.2 Å². The van der Waals surface area contributed by atoms with Crippen molar-refractivity contribution in [3.63, 3.8) is 0 Å². The number of aliphatic hydroxyl groups is 2. The van der Waals surface area contributed by atoms with Crippen molar-refractivity contribution in [3.8, 4) is 17.0 Å². The lowest BCUT2D eigenvalue weighted by molar-refractivity contribution is 0.0996. The number of hydrogen-bond acceptors (Lipinski definition) is 6. The van der Waals surface area contributed by atoms with Gasteiger partial charge in [-0.3, -0.25) is 0 Å². The van der Waals surface area contributed by atoms with Crippen molar-refractivity contribution in [3.05, 3.63) is 84.2 Å². The maximum absolute atomic E-state index is 13.3. The summed E-state index contributed by atoms with van der Waals surface area (Å²) in [5, 5.41) is 28.0. The molecule has 3 N–H and O–H groups in total. The molecule has 3 aromatic carbocycles. The Labute approximate surface area is 178 Å². The summed E-state index contributed by atoms with van der Waals surface area (Å²) in [6, 6.07) is 20.9. The fraction of sp³-hybridized carbons (Fsp3) is 0.208. The Morgan fingerprint density at radius 1 is 0.968 bits per heavy atom. The van der Waals surface area contributed by atoms with E-state index in [1.807, 2.05) is 42.5 Å². The zero-order chi connectivity index (χ0) is 21.6. The fourth-order valence-electron chi connectivity index (χ4n) is 3.26. The first kappa shape index (κ1) is 21.0. The number of halogens is 1. The molecule has 0 aliphatic heterocycles. The number of aliphatic hydroxyl groups excluding tert-OH is 2. The molecule has 0 saturated carbocycles. The molecule has 0 bridgehead atoms. The van der Waals surface area contributed by atoms with Crippen LogP contribution in [0, 0.1) is 5.82 Å². The van der Waals surface area contributed by atoms with E-state index in [2.05, 4.69) is 10.5 Å². The van der Waals surface area contributed by atoms with Crippen LogP contribution in [0.4, 0.5) is 4.39 Å². The number of nitrogens with zero attached hydrogens (tertiary/aromatic N) is 1. The molecule has 0 radical (unpaired) electrons. The highest BCUT2D eigenvalue weighted by molar-refractivity contribution is 5.91. The monoisotopic (exact) mass is 422 g/mol. The first-order valence-corrected chi connectivity index (χ1v) is 10.00. The molecule has 6 nitrogen and oxygen atoms in total. The highest BCUT2D eigenvalue weighted by Crippen LogP contribution is 2.29. The van der Waals surface area contributed by atoms with Crippen LogP contribution in [-0.2, 0) is 0 Å². The molecule has 0 saturated heterocycles. The SMILES string of the molecule is OC(CNCC(O)c1ccccc1)COc1ccc(-c2noc3cc(F)ccc23)cc1. The molecule has 0 spiro atoms. The second kappa shape index (κ2) is 9.70. The summed E-state index contributed by atoms with van der Waals surface area (Å²) >= 11 is 0. The van der Waals surface area contributed by atoms with Crippen molar-refractivity contribution in [2.45, 2.75) is 12.2 Å². The third-order valence-electron chi connectivity index (χ3n) is 4.91. The Kier molecular flexibility index (Phi) is 6.57. The number of nitrogens with one attached hydrogen (secondary N) is 1. The minimum absolute atomic E-state index is 0.111. The van der Waals surface area contributed by atoms with Gasteiger partial charge in [0.05, 0.1) is 6.10 Å². The predicted octanol–water partition coefficient (Wildman–Crippen LogP) is 3.70. The standard InChI is InChI=1S/C24H23FN2O4/c25-18-8-11-21-23(12-18)31-27-24(21)17-6-9-20(10-7-17)30-15-19(28)13-26-14-22(29)16-4-2-1-3-5-16/h1-12,19,22,26,28-29H,13-15H2. The van der Waals surface area contributed by atoms with Gasteiger partial charge in [-0.1, -0.05) is 35.5 Å². The van der Waals surface area contributed by atoms with E-state index in [0.717, 1.165) is 16.5 Å². The van der Waals surface area contributed by atoms with Gasteiger partial charge in [-0.15, -0.1) is 0 Å². The second-order valence-electron chi connectivity index (χ2n) is 7.25. The Hall–Kier alpha value is -3.26. The van der Waals surface area contributed by atoms with E-state index in [4.69, 9.17) is 9.26 Å². The van der Waals surface area contributed by atoms with Crippen molar-refractivity contribution < 1.29 is 23.9 Å². The molecular weight excluding hydrogens is 399 g/mol. The van der Waals surface area contributed by atoms with E-state index in [-0.39, 0.29) is 12.4 Å². The van der Waals surface area contributed by atoms with Gasteiger partial charge < -0.3 is 24.8 Å². The van der Waals surface area contributed by atoms with Gasteiger partial charge in [-0.05, 0) is 42.0 Å². The van der Waals surface area contributed by atoms with Crippen molar-refractivity contribution in [2.75, 3.05) is 19.7 Å². The summed E-state index contributed by atoms with van der Waals surface area (Å²) < 4.78 is 24.1. The van der Waals surface area contributed by atoms with Gasteiger partial charge in [0, 0.05) is 30.1 Å². The van der Waals surface area contributed by atoms with Gasteiger partial charge in [0.2, 0.25) is 0 Å². The molecule has 160 valence electrons. The number of aromatic nitrogens is 1. The van der Waals surface area contributed by atoms with Crippen molar-refractivity contribution in [1.82, 2.24) is 10.5 Å². The summed E-state index contributed by atoms with van der Waals surface area (Å²) in [6.45, 7) is 0.745. The Morgan fingerprint density at radius 3 is 2.52 bits per heavy atom. The van der Waals surface area contributed by atoms with Crippen LogP contribution >= 0.6 is 0 Å². The third kappa shape index (κ3) is 5.27. The molecule has 4 rings (SSSR count). The smallest absolute Gasteiger partial charge is 0.170 e. The average molecular weight is 422 g/mol. The quantitative estimate of drug-likeness (QED) is 0.381. The number of rotatable bonds is 9. The molecule has 0 fully saturated rings. The van der Waals surface area contributed by atoms with Gasteiger partial charge in [0.25, 0.3) is 0 Å². The molecule has 0 amide bonds. The number of benzene rings is 3. The summed E-state index contributed by atoms with van der Waals surface area (Å²) in [4.78, 5) is 0. The largest absolute Gasteiger partial charge is 0.491 e. The zero-order valence-corrected chi connectivity index (χ0v) is 16.7. The first-order chi connectivity index (χ1) is 15.1. The number of fused-ring (bicyclic) bond motifs is 1. The van der Waals surface area contributed by atoms with E-state index in [0.29, 0.717) is 30.1 Å². The molecule has 0 aliphatic carbocycles.